The molecule has 6 nitrogen and oxygen atoms in total. The standard InChI is InChI=1S/C15H22N2O4S/c1-15(2,3)14-16-10(9-22-14)6-12(18)17-4-5-21-11(8-17)7-13(19)20/h9,11H,4-8H2,1-3H3,(H,19,20). The number of aromatic nitrogens is 1. The van der Waals surface area contributed by atoms with E-state index in [4.69, 9.17) is 9.84 Å². The van der Waals surface area contributed by atoms with Gasteiger partial charge in [0.15, 0.2) is 0 Å². The number of hydrogen-bond donors (Lipinski definition) is 1. The molecule has 1 atom stereocenters. The summed E-state index contributed by atoms with van der Waals surface area (Å²) in [4.78, 5) is 29.3. The van der Waals surface area contributed by atoms with Gasteiger partial charge in [0.25, 0.3) is 0 Å². The van der Waals surface area contributed by atoms with Crippen molar-refractivity contribution >= 4 is 23.2 Å². The molecular formula is C15H22N2O4S. The largest absolute Gasteiger partial charge is 0.481 e. The third kappa shape index (κ3) is 4.51. The minimum absolute atomic E-state index is 0.0164. The molecule has 0 saturated carbocycles. The molecule has 0 radical (unpaired) electrons. The normalized spacial score (nSPS) is 19.2. The molecule has 0 aliphatic carbocycles. The van der Waals surface area contributed by atoms with Crippen LogP contribution in [0.4, 0.5) is 0 Å². The molecule has 0 aromatic carbocycles. The molecular weight excluding hydrogens is 304 g/mol. The summed E-state index contributed by atoms with van der Waals surface area (Å²) in [6.07, 6.45) is -0.239. The average molecular weight is 326 g/mol. The molecule has 1 aliphatic rings. The molecule has 1 fully saturated rings. The van der Waals surface area contributed by atoms with Gasteiger partial charge in [0.2, 0.25) is 5.91 Å². The van der Waals surface area contributed by atoms with Gasteiger partial charge < -0.3 is 14.7 Å². The maximum atomic E-state index is 12.3. The van der Waals surface area contributed by atoms with Crippen LogP contribution in [0.15, 0.2) is 5.38 Å². The Morgan fingerprint density at radius 2 is 2.23 bits per heavy atom. The van der Waals surface area contributed by atoms with Crippen molar-refractivity contribution in [2.75, 3.05) is 19.7 Å². The molecule has 7 heteroatoms. The zero-order valence-electron chi connectivity index (χ0n) is 13.2. The van der Waals surface area contributed by atoms with Crippen LogP contribution in [0, 0.1) is 0 Å². The minimum Gasteiger partial charge on any atom is -0.481 e. The molecule has 2 rings (SSSR count). The summed E-state index contributed by atoms with van der Waals surface area (Å²) in [5, 5.41) is 11.8. The van der Waals surface area contributed by atoms with Crippen molar-refractivity contribution in [1.82, 2.24) is 9.88 Å². The highest BCUT2D eigenvalue weighted by Crippen LogP contribution is 2.25. The van der Waals surface area contributed by atoms with Crippen molar-refractivity contribution in [3.05, 3.63) is 16.1 Å². The Balaban J connectivity index is 1.94. The summed E-state index contributed by atoms with van der Waals surface area (Å²) in [6.45, 7) is 7.50. The number of carbonyl (C=O) groups excluding carboxylic acids is 1. The van der Waals surface area contributed by atoms with Gasteiger partial charge in [-0.15, -0.1) is 11.3 Å². The number of hydrogen-bond acceptors (Lipinski definition) is 5. The van der Waals surface area contributed by atoms with Crippen LogP contribution in [0.5, 0.6) is 0 Å². The van der Waals surface area contributed by atoms with Crippen LogP contribution in [-0.4, -0.2) is 52.7 Å². The number of carboxylic acids is 1. The molecule has 2 heterocycles. The van der Waals surface area contributed by atoms with Gasteiger partial charge in [0, 0.05) is 23.9 Å². The summed E-state index contributed by atoms with van der Waals surface area (Å²) < 4.78 is 5.38. The smallest absolute Gasteiger partial charge is 0.306 e. The molecule has 1 aromatic rings. The van der Waals surface area contributed by atoms with Gasteiger partial charge in [0.1, 0.15) is 0 Å². The third-order valence-electron chi connectivity index (χ3n) is 3.42. The van der Waals surface area contributed by atoms with Crippen molar-refractivity contribution in [2.24, 2.45) is 0 Å². The monoisotopic (exact) mass is 326 g/mol. The lowest BCUT2D eigenvalue weighted by molar-refractivity contribution is -0.147. The topological polar surface area (TPSA) is 79.7 Å². The van der Waals surface area contributed by atoms with Gasteiger partial charge in [-0.2, -0.15) is 0 Å². The van der Waals surface area contributed by atoms with Crippen molar-refractivity contribution < 1.29 is 19.4 Å². The lowest BCUT2D eigenvalue weighted by Crippen LogP contribution is -2.46. The SMILES string of the molecule is CC(C)(C)c1nc(CC(=O)N2CCOC(CC(=O)O)C2)cs1. The summed E-state index contributed by atoms with van der Waals surface area (Å²) in [7, 11) is 0. The van der Waals surface area contributed by atoms with E-state index < -0.39 is 12.1 Å². The molecule has 1 aromatic heterocycles. The molecule has 1 unspecified atom stereocenters. The van der Waals surface area contributed by atoms with E-state index >= 15 is 0 Å². The van der Waals surface area contributed by atoms with Gasteiger partial charge in [-0.25, -0.2) is 4.98 Å². The lowest BCUT2D eigenvalue weighted by Gasteiger charge is -2.32. The average Bonchev–Trinajstić information content (AvgIpc) is 2.86. The number of rotatable bonds is 4. The highest BCUT2D eigenvalue weighted by Gasteiger charge is 2.26. The van der Waals surface area contributed by atoms with Gasteiger partial charge in [-0.05, 0) is 0 Å². The molecule has 1 saturated heterocycles. The highest BCUT2D eigenvalue weighted by molar-refractivity contribution is 7.09. The Kier molecular flexibility index (Phi) is 5.18. The number of aliphatic carboxylic acids is 1. The van der Waals surface area contributed by atoms with E-state index in [1.807, 2.05) is 5.38 Å². The van der Waals surface area contributed by atoms with Crippen LogP contribution >= 0.6 is 11.3 Å². The van der Waals surface area contributed by atoms with Crippen molar-refractivity contribution in [1.29, 1.82) is 0 Å². The van der Waals surface area contributed by atoms with E-state index in [0.29, 0.717) is 19.7 Å². The maximum Gasteiger partial charge on any atom is 0.306 e. The first-order chi connectivity index (χ1) is 10.3. The van der Waals surface area contributed by atoms with Crippen molar-refractivity contribution in [2.45, 2.75) is 45.1 Å². The fourth-order valence-electron chi connectivity index (χ4n) is 2.26. The summed E-state index contributed by atoms with van der Waals surface area (Å²) >= 11 is 1.57. The highest BCUT2D eigenvalue weighted by atomic mass is 32.1. The second-order valence-corrected chi connectivity index (χ2v) is 7.36. The second-order valence-electron chi connectivity index (χ2n) is 6.50. The number of ether oxygens (including phenoxy) is 1. The Bertz CT molecular complexity index is 550. The van der Waals surface area contributed by atoms with Crippen LogP contribution in [0.25, 0.3) is 0 Å². The summed E-state index contributed by atoms with van der Waals surface area (Å²) in [5.74, 6) is -0.932. The van der Waals surface area contributed by atoms with Gasteiger partial charge in [0.05, 0.1) is 36.3 Å². The van der Waals surface area contributed by atoms with E-state index in [2.05, 4.69) is 25.8 Å². The van der Waals surface area contributed by atoms with E-state index in [1.165, 1.54) is 0 Å². The predicted molar refractivity (Wildman–Crippen MR) is 83.1 cm³/mol. The number of carbonyl (C=O) groups is 2. The first kappa shape index (κ1) is 16.9. The molecule has 22 heavy (non-hydrogen) atoms. The molecule has 1 N–H and O–H groups in total. The van der Waals surface area contributed by atoms with Gasteiger partial charge in [-0.1, -0.05) is 20.8 Å². The third-order valence-corrected chi connectivity index (χ3v) is 4.74. The maximum absolute atomic E-state index is 12.3. The quantitative estimate of drug-likeness (QED) is 0.911. The Morgan fingerprint density at radius 1 is 1.50 bits per heavy atom. The zero-order chi connectivity index (χ0) is 16.3. The van der Waals surface area contributed by atoms with Crippen LogP contribution < -0.4 is 0 Å². The Hall–Kier alpha value is -1.47. The number of thiazole rings is 1. The van der Waals surface area contributed by atoms with E-state index in [1.54, 1.807) is 16.2 Å². The van der Waals surface area contributed by atoms with Crippen molar-refractivity contribution in [3.8, 4) is 0 Å². The predicted octanol–water partition coefficient (Wildman–Crippen LogP) is 1.69. The molecule has 0 spiro atoms. The van der Waals surface area contributed by atoms with Crippen LogP contribution in [0.1, 0.15) is 37.9 Å². The van der Waals surface area contributed by atoms with Crippen molar-refractivity contribution in [3.63, 3.8) is 0 Å². The molecule has 122 valence electrons. The van der Waals surface area contributed by atoms with Gasteiger partial charge in [-0.3, -0.25) is 9.59 Å². The van der Waals surface area contributed by atoms with E-state index in [0.717, 1.165) is 10.7 Å². The number of nitrogens with zero attached hydrogens (tertiary/aromatic N) is 2. The summed E-state index contributed by atoms with van der Waals surface area (Å²) in [6, 6.07) is 0. The minimum atomic E-state index is -0.909. The van der Waals surface area contributed by atoms with E-state index in [9.17, 15) is 9.59 Å². The molecule has 0 bridgehead atoms. The number of amides is 1. The van der Waals surface area contributed by atoms with E-state index in [-0.39, 0.29) is 24.2 Å². The fraction of sp³-hybridized carbons (Fsp3) is 0.667. The van der Waals surface area contributed by atoms with Crippen LogP contribution in [-0.2, 0) is 26.2 Å². The Morgan fingerprint density at radius 3 is 2.82 bits per heavy atom. The summed E-state index contributed by atoms with van der Waals surface area (Å²) in [5.41, 5.74) is 0.763. The number of morpholine rings is 1. The molecule has 1 amide bonds. The first-order valence-corrected chi connectivity index (χ1v) is 8.19. The van der Waals surface area contributed by atoms with Crippen LogP contribution in [0.3, 0.4) is 0 Å². The fourth-order valence-corrected chi connectivity index (χ4v) is 3.17. The first-order valence-electron chi connectivity index (χ1n) is 7.32. The lowest BCUT2D eigenvalue weighted by atomic mass is 9.98. The second kappa shape index (κ2) is 6.75. The zero-order valence-corrected chi connectivity index (χ0v) is 14.0. The van der Waals surface area contributed by atoms with Gasteiger partial charge >= 0.3 is 5.97 Å². The Labute approximate surface area is 134 Å². The number of carboxylic acid groups (broad SMARTS) is 1. The van der Waals surface area contributed by atoms with Crippen LogP contribution in [0.2, 0.25) is 0 Å². The molecule has 1 aliphatic heterocycles.